The molecule has 1 aromatic carbocycles. The number of rotatable bonds is 4. The number of fused-ring (bicyclic) bond motifs is 1. The number of hydrogen-bond acceptors (Lipinski definition) is 4. The van der Waals surface area contributed by atoms with E-state index in [-0.39, 0.29) is 12.1 Å². The highest BCUT2D eigenvalue weighted by Crippen LogP contribution is 2.27. The Kier molecular flexibility index (Phi) is 3.77. The van der Waals surface area contributed by atoms with Crippen LogP contribution in [0.4, 0.5) is 5.69 Å². The molecule has 0 aliphatic carbocycles. The van der Waals surface area contributed by atoms with Gasteiger partial charge in [-0.05, 0) is 18.1 Å². The van der Waals surface area contributed by atoms with Crippen molar-refractivity contribution in [3.8, 4) is 17.3 Å². The Morgan fingerprint density at radius 2 is 2.00 bits per heavy atom. The molecule has 114 valence electrons. The van der Waals surface area contributed by atoms with E-state index in [4.69, 9.17) is 5.26 Å². The van der Waals surface area contributed by atoms with Gasteiger partial charge in [-0.1, -0.05) is 31.2 Å². The van der Waals surface area contributed by atoms with Gasteiger partial charge in [-0.15, -0.1) is 0 Å². The quantitative estimate of drug-likeness (QED) is 0.545. The molecule has 0 amide bonds. The highest BCUT2D eigenvalue weighted by atomic mass is 16.6. The molecular weight excluding hydrogens is 292 g/mol. The minimum atomic E-state index is -0.453. The Morgan fingerprint density at radius 3 is 2.61 bits per heavy atom. The van der Waals surface area contributed by atoms with Gasteiger partial charge < -0.3 is 0 Å². The zero-order chi connectivity index (χ0) is 16.4. The molecule has 0 atom stereocenters. The molecule has 0 fully saturated rings. The monoisotopic (exact) mass is 306 g/mol. The van der Waals surface area contributed by atoms with Crippen molar-refractivity contribution in [2.24, 2.45) is 0 Å². The van der Waals surface area contributed by atoms with Crippen LogP contribution in [0.5, 0.6) is 0 Å². The maximum atomic E-state index is 11.0. The van der Waals surface area contributed by atoms with E-state index in [9.17, 15) is 10.1 Å². The Labute approximate surface area is 132 Å². The van der Waals surface area contributed by atoms with Crippen molar-refractivity contribution in [3.63, 3.8) is 0 Å². The zero-order valence-electron chi connectivity index (χ0n) is 12.6. The van der Waals surface area contributed by atoms with Gasteiger partial charge in [0, 0.05) is 11.6 Å². The third-order valence-corrected chi connectivity index (χ3v) is 3.79. The first kappa shape index (κ1) is 14.7. The molecule has 3 aromatic rings. The molecule has 0 unspecified atom stereocenters. The maximum Gasteiger partial charge on any atom is 0.286 e. The van der Waals surface area contributed by atoms with E-state index in [1.54, 1.807) is 10.5 Å². The number of hydrogen-bond donors (Lipinski definition) is 0. The Balaban J connectivity index is 2.20. The third kappa shape index (κ3) is 2.64. The first-order valence-electron chi connectivity index (χ1n) is 7.25. The lowest BCUT2D eigenvalue weighted by atomic mass is 10.1. The van der Waals surface area contributed by atoms with E-state index in [0.717, 1.165) is 12.0 Å². The second kappa shape index (κ2) is 5.89. The van der Waals surface area contributed by atoms with Crippen molar-refractivity contribution in [3.05, 3.63) is 64.0 Å². The van der Waals surface area contributed by atoms with E-state index in [1.165, 1.54) is 17.8 Å². The molecule has 2 heterocycles. The second-order valence-electron chi connectivity index (χ2n) is 5.17. The molecule has 6 heteroatoms. The molecule has 2 aromatic heterocycles. The van der Waals surface area contributed by atoms with Crippen molar-refractivity contribution in [1.29, 1.82) is 5.26 Å². The van der Waals surface area contributed by atoms with Crippen LogP contribution in [0.15, 0.2) is 42.6 Å². The second-order valence-corrected chi connectivity index (χ2v) is 5.17. The summed E-state index contributed by atoms with van der Waals surface area (Å²) in [5.74, 6) is 0. The number of aromatic nitrogens is 2. The number of nitrogens with zero attached hydrogens (tertiary/aromatic N) is 4. The van der Waals surface area contributed by atoms with Gasteiger partial charge in [-0.3, -0.25) is 14.5 Å². The summed E-state index contributed by atoms with van der Waals surface area (Å²) in [5.41, 5.74) is 4.04. The van der Waals surface area contributed by atoms with E-state index in [2.05, 4.69) is 18.0 Å². The molecule has 0 saturated heterocycles. The van der Waals surface area contributed by atoms with E-state index >= 15 is 0 Å². The molecule has 0 spiro atoms. The molecule has 0 aliphatic rings. The Bertz CT molecular complexity index is 920. The Hall–Kier alpha value is -3.20. The van der Waals surface area contributed by atoms with Gasteiger partial charge in [0.15, 0.2) is 0 Å². The first-order valence-corrected chi connectivity index (χ1v) is 7.25. The van der Waals surface area contributed by atoms with Crippen LogP contribution in [0.1, 0.15) is 18.2 Å². The van der Waals surface area contributed by atoms with Gasteiger partial charge in [0.05, 0.1) is 35.0 Å². The molecule has 6 nitrogen and oxygen atoms in total. The van der Waals surface area contributed by atoms with Crippen LogP contribution in [0, 0.1) is 21.4 Å². The van der Waals surface area contributed by atoms with Gasteiger partial charge in [-0.25, -0.2) is 4.98 Å². The molecule has 0 bridgehead atoms. The molecule has 0 N–H and O–H groups in total. The molecular formula is C17H14N4O2. The highest BCUT2D eigenvalue weighted by Gasteiger charge is 2.16. The van der Waals surface area contributed by atoms with Gasteiger partial charge in [0.1, 0.15) is 5.65 Å². The number of nitro groups is 1. The summed E-state index contributed by atoms with van der Waals surface area (Å²) in [7, 11) is 0. The number of pyridine rings is 1. The maximum absolute atomic E-state index is 11.0. The van der Waals surface area contributed by atoms with Crippen molar-refractivity contribution >= 4 is 11.3 Å². The summed E-state index contributed by atoms with van der Waals surface area (Å²) >= 11 is 0. The predicted octanol–water partition coefficient (Wildman–Crippen LogP) is 3.54. The first-order chi connectivity index (χ1) is 11.1. The van der Waals surface area contributed by atoms with Crippen LogP contribution in [0.2, 0.25) is 0 Å². The van der Waals surface area contributed by atoms with Crippen molar-refractivity contribution in [2.45, 2.75) is 19.8 Å². The van der Waals surface area contributed by atoms with Crippen LogP contribution >= 0.6 is 0 Å². The summed E-state index contributed by atoms with van der Waals surface area (Å²) in [5, 5.41) is 20.1. The van der Waals surface area contributed by atoms with Gasteiger partial charge in [-0.2, -0.15) is 5.26 Å². The summed E-state index contributed by atoms with van der Waals surface area (Å²) in [4.78, 5) is 15.1. The fraction of sp³-hybridized carbons (Fsp3) is 0.176. The predicted molar refractivity (Wildman–Crippen MR) is 86.0 cm³/mol. The lowest BCUT2D eigenvalue weighted by Crippen LogP contribution is -1.96. The highest BCUT2D eigenvalue weighted by molar-refractivity contribution is 5.67. The van der Waals surface area contributed by atoms with Gasteiger partial charge in [0.25, 0.3) is 5.69 Å². The smallest absolute Gasteiger partial charge is 0.286 e. The summed E-state index contributed by atoms with van der Waals surface area (Å²) in [6.07, 6.45) is 2.49. The van der Waals surface area contributed by atoms with Crippen molar-refractivity contribution < 1.29 is 4.92 Å². The van der Waals surface area contributed by atoms with Crippen LogP contribution in [-0.4, -0.2) is 14.3 Å². The average Bonchev–Trinajstić information content (AvgIpc) is 2.93. The lowest BCUT2D eigenvalue weighted by molar-refractivity contribution is -0.385. The SMILES string of the molecule is CCc1ccc(-c2nc3ccc([N+](=O)[O-])cn3c2CC#N)cc1. The topological polar surface area (TPSA) is 84.2 Å². The minimum absolute atomic E-state index is 0.0260. The molecule has 0 aliphatic heterocycles. The largest absolute Gasteiger partial charge is 0.295 e. The van der Waals surface area contributed by atoms with Gasteiger partial charge >= 0.3 is 0 Å². The van der Waals surface area contributed by atoms with E-state index in [0.29, 0.717) is 17.0 Å². The molecule has 23 heavy (non-hydrogen) atoms. The number of imidazole rings is 1. The number of nitriles is 1. The average molecular weight is 306 g/mol. The molecule has 0 radical (unpaired) electrons. The summed E-state index contributed by atoms with van der Waals surface area (Å²) < 4.78 is 1.63. The van der Waals surface area contributed by atoms with E-state index < -0.39 is 4.92 Å². The number of aryl methyl sites for hydroxylation is 1. The van der Waals surface area contributed by atoms with Crippen LogP contribution in [0.3, 0.4) is 0 Å². The molecule has 3 rings (SSSR count). The van der Waals surface area contributed by atoms with Gasteiger partial charge in [0.2, 0.25) is 0 Å². The van der Waals surface area contributed by atoms with Crippen molar-refractivity contribution in [2.75, 3.05) is 0 Å². The van der Waals surface area contributed by atoms with E-state index in [1.807, 2.05) is 24.3 Å². The fourth-order valence-corrected chi connectivity index (χ4v) is 2.56. The molecule has 0 saturated carbocycles. The minimum Gasteiger partial charge on any atom is -0.295 e. The summed E-state index contributed by atoms with van der Waals surface area (Å²) in [6.45, 7) is 2.08. The normalized spacial score (nSPS) is 10.6. The third-order valence-electron chi connectivity index (χ3n) is 3.79. The zero-order valence-corrected chi connectivity index (χ0v) is 12.6. The fourth-order valence-electron chi connectivity index (χ4n) is 2.56. The summed E-state index contributed by atoms with van der Waals surface area (Å²) in [6, 6.07) is 13.1. The lowest BCUT2D eigenvalue weighted by Gasteiger charge is -2.03. The number of benzene rings is 1. The van der Waals surface area contributed by atoms with Crippen LogP contribution in [0.25, 0.3) is 16.9 Å². The van der Waals surface area contributed by atoms with Crippen LogP contribution < -0.4 is 0 Å². The van der Waals surface area contributed by atoms with Crippen molar-refractivity contribution in [1.82, 2.24) is 9.38 Å². The van der Waals surface area contributed by atoms with Crippen LogP contribution in [-0.2, 0) is 12.8 Å². The standard InChI is InChI=1S/C17H14N4O2/c1-2-12-3-5-13(6-4-12)17-15(9-10-18)20-11-14(21(22)23)7-8-16(20)19-17/h3-8,11H,2,9H2,1H3. The Morgan fingerprint density at radius 1 is 1.26 bits per heavy atom.